The number of carbonyl (C=O) groups excluding carboxylic acids is 2. The van der Waals surface area contributed by atoms with Crippen molar-refractivity contribution in [2.24, 2.45) is 0 Å². The second-order valence-corrected chi connectivity index (χ2v) is 8.76. The smallest absolute Gasteiger partial charge is 0.744 e. The monoisotopic (exact) mass is 480 g/mol. The molecule has 0 saturated heterocycles. The van der Waals surface area contributed by atoms with Gasteiger partial charge in [-0.25, -0.2) is 18.0 Å². The van der Waals surface area contributed by atoms with Crippen molar-refractivity contribution in [3.05, 3.63) is 53.6 Å². The molecule has 31 heavy (non-hydrogen) atoms. The van der Waals surface area contributed by atoms with Gasteiger partial charge in [0.25, 0.3) is 0 Å². The van der Waals surface area contributed by atoms with Gasteiger partial charge in [-0.1, -0.05) is 6.92 Å². The maximum Gasteiger partial charge on any atom is 1.00 e. The van der Waals surface area contributed by atoms with Crippen molar-refractivity contribution >= 4 is 32.2 Å². The molecule has 0 atom stereocenters. The van der Waals surface area contributed by atoms with E-state index in [9.17, 15) is 31.0 Å². The van der Waals surface area contributed by atoms with Crippen LogP contribution in [0, 0.1) is 0 Å². The van der Waals surface area contributed by atoms with Crippen molar-refractivity contribution in [1.82, 2.24) is 0 Å². The summed E-state index contributed by atoms with van der Waals surface area (Å²) in [4.78, 5) is 22.9. The van der Waals surface area contributed by atoms with Crippen LogP contribution in [-0.4, -0.2) is 47.0 Å². The van der Waals surface area contributed by atoms with E-state index in [1.807, 2.05) is 0 Å². The van der Waals surface area contributed by atoms with E-state index in [4.69, 9.17) is 8.92 Å². The van der Waals surface area contributed by atoms with Gasteiger partial charge in [-0.2, -0.15) is 8.42 Å². The van der Waals surface area contributed by atoms with Gasteiger partial charge in [0.15, 0.2) is 0 Å². The average molecular weight is 480 g/mol. The van der Waals surface area contributed by atoms with E-state index in [1.54, 1.807) is 6.92 Å². The van der Waals surface area contributed by atoms with Crippen LogP contribution in [0.25, 0.3) is 0 Å². The Morgan fingerprint density at radius 3 is 1.94 bits per heavy atom. The molecule has 0 N–H and O–H groups in total. The van der Waals surface area contributed by atoms with Crippen LogP contribution >= 0.6 is 0 Å². The van der Waals surface area contributed by atoms with E-state index in [-0.39, 0.29) is 53.0 Å². The quantitative estimate of drug-likeness (QED) is 0.193. The summed E-state index contributed by atoms with van der Waals surface area (Å²) in [5.41, 5.74) is -0.431. The molecule has 13 heteroatoms. The van der Waals surface area contributed by atoms with E-state index in [1.165, 1.54) is 0 Å². The van der Waals surface area contributed by atoms with Crippen LogP contribution in [-0.2, 0) is 29.7 Å². The number of benzene rings is 2. The molecule has 2 aromatic rings. The zero-order valence-corrected chi connectivity index (χ0v) is 20.5. The van der Waals surface area contributed by atoms with Crippen LogP contribution < -0.4 is 33.7 Å². The summed E-state index contributed by atoms with van der Waals surface area (Å²) in [5.74, 6) is -2.02. The molecular weight excluding hydrogens is 463 g/mol. The topological polar surface area (TPSA) is 153 Å². The summed E-state index contributed by atoms with van der Waals surface area (Å²) in [6.07, 6.45) is 0.534. The first-order chi connectivity index (χ1) is 14.0. The van der Waals surface area contributed by atoms with E-state index >= 15 is 0 Å². The molecular formula is C18H17NaO10S2. The van der Waals surface area contributed by atoms with Crippen molar-refractivity contribution in [1.29, 1.82) is 0 Å². The second-order valence-electron chi connectivity index (χ2n) is 5.84. The zero-order valence-electron chi connectivity index (χ0n) is 16.9. The normalized spacial score (nSPS) is 11.2. The first-order valence-corrected chi connectivity index (χ1v) is 11.2. The summed E-state index contributed by atoms with van der Waals surface area (Å²) in [5, 5.41) is 0. The molecule has 10 nitrogen and oxygen atoms in total. The zero-order chi connectivity index (χ0) is 22.5. The van der Waals surface area contributed by atoms with Gasteiger partial charge < -0.3 is 18.2 Å². The van der Waals surface area contributed by atoms with E-state index in [0.29, 0.717) is 6.42 Å². The maximum absolute atomic E-state index is 12.6. The van der Waals surface area contributed by atoms with Gasteiger partial charge >= 0.3 is 51.6 Å². The minimum atomic E-state index is -4.71. The molecule has 0 aliphatic heterocycles. The average Bonchev–Trinajstić information content (AvgIpc) is 2.70. The summed E-state index contributed by atoms with van der Waals surface area (Å²) >= 11 is 0. The van der Waals surface area contributed by atoms with E-state index in [2.05, 4.69) is 4.74 Å². The van der Waals surface area contributed by atoms with Crippen LogP contribution in [0.2, 0.25) is 0 Å². The van der Waals surface area contributed by atoms with Crippen molar-refractivity contribution in [3.63, 3.8) is 0 Å². The second kappa shape index (κ2) is 11.1. The number of ether oxygens (including phenoxy) is 2. The van der Waals surface area contributed by atoms with Crippen molar-refractivity contribution in [2.45, 2.75) is 23.1 Å². The fourth-order valence-corrected chi connectivity index (χ4v) is 3.68. The summed E-state index contributed by atoms with van der Waals surface area (Å²) in [7, 11) is -8.18. The molecule has 0 bridgehead atoms. The van der Waals surface area contributed by atoms with Crippen LogP contribution in [0.3, 0.4) is 0 Å². The molecule has 0 heterocycles. The summed E-state index contributed by atoms with van der Waals surface area (Å²) in [6.45, 7) is 1.86. The number of esters is 2. The number of methoxy groups -OCH3 is 1. The van der Waals surface area contributed by atoms with Crippen molar-refractivity contribution in [2.75, 3.05) is 13.7 Å². The Bertz CT molecular complexity index is 1160. The van der Waals surface area contributed by atoms with Gasteiger partial charge in [0, 0.05) is 0 Å². The maximum atomic E-state index is 12.6. The van der Waals surface area contributed by atoms with Gasteiger partial charge in [0.05, 0.1) is 29.7 Å². The Morgan fingerprint density at radius 2 is 1.45 bits per heavy atom. The SMILES string of the molecule is CCCOC(=O)c1cc(C(=O)OC)cc(S(=O)(=O)Oc2ccc(S(=O)(=O)[O-])cc2)c1.[Na+]. The standard InChI is InChI=1S/C18H18O10S2.Na/c1-3-8-27-18(20)13-9-12(17(19)26-2)10-16(11-13)30(24,25)28-14-4-6-15(7-5-14)29(21,22)23;/h4-7,9-11H,3,8H2,1-2H3,(H,21,22,23);/q;+1/p-1. The Labute approximate surface area is 201 Å². The number of hydrogen-bond donors (Lipinski definition) is 0. The molecule has 0 fully saturated rings. The molecule has 2 rings (SSSR count). The van der Waals surface area contributed by atoms with E-state index in [0.717, 1.165) is 49.6 Å². The Kier molecular flexibility index (Phi) is 9.67. The molecule has 0 aromatic heterocycles. The summed E-state index contributed by atoms with van der Waals surface area (Å²) in [6, 6.07) is 6.75. The van der Waals surface area contributed by atoms with Crippen LogP contribution in [0.5, 0.6) is 5.75 Å². The largest absolute Gasteiger partial charge is 1.00 e. The Balaban J connectivity index is 0.00000480. The molecule has 0 aliphatic carbocycles. The van der Waals surface area contributed by atoms with Gasteiger partial charge in [-0.3, -0.25) is 0 Å². The number of carbonyl (C=O) groups is 2. The van der Waals surface area contributed by atoms with Gasteiger partial charge in [-0.15, -0.1) is 0 Å². The molecule has 0 aliphatic rings. The predicted octanol–water partition coefficient (Wildman–Crippen LogP) is -1.28. The Morgan fingerprint density at radius 1 is 0.903 bits per heavy atom. The molecule has 0 amide bonds. The van der Waals surface area contributed by atoms with Gasteiger partial charge in [0.1, 0.15) is 20.8 Å². The van der Waals surface area contributed by atoms with Gasteiger partial charge in [0.2, 0.25) is 0 Å². The van der Waals surface area contributed by atoms with Crippen molar-refractivity contribution < 1.29 is 74.2 Å². The van der Waals surface area contributed by atoms with E-state index < -0.39 is 42.0 Å². The first-order valence-electron chi connectivity index (χ1n) is 8.39. The third-order valence-electron chi connectivity index (χ3n) is 3.61. The molecule has 162 valence electrons. The third kappa shape index (κ3) is 7.30. The molecule has 2 aromatic carbocycles. The molecule has 0 saturated carbocycles. The predicted molar refractivity (Wildman–Crippen MR) is 101 cm³/mol. The van der Waals surface area contributed by atoms with Crippen LogP contribution in [0.15, 0.2) is 52.3 Å². The fourth-order valence-electron chi connectivity index (χ4n) is 2.21. The minimum absolute atomic E-state index is 0. The molecule has 0 unspecified atom stereocenters. The third-order valence-corrected chi connectivity index (χ3v) is 5.68. The minimum Gasteiger partial charge on any atom is -0.744 e. The molecule has 0 spiro atoms. The fraction of sp³-hybridized carbons (Fsp3) is 0.222. The Hall–Kier alpha value is -1.96. The first kappa shape index (κ1) is 27.1. The van der Waals surface area contributed by atoms with Crippen LogP contribution in [0.1, 0.15) is 34.1 Å². The molecule has 0 radical (unpaired) electrons. The van der Waals surface area contributed by atoms with Crippen LogP contribution in [0.4, 0.5) is 0 Å². The van der Waals surface area contributed by atoms with Gasteiger partial charge in [-0.05, 0) is 48.9 Å². The van der Waals surface area contributed by atoms with Crippen molar-refractivity contribution in [3.8, 4) is 5.75 Å². The number of hydrogen-bond acceptors (Lipinski definition) is 10. The summed E-state index contributed by atoms with van der Waals surface area (Å²) < 4.78 is 72.6. The number of rotatable bonds is 8.